The summed E-state index contributed by atoms with van der Waals surface area (Å²) in [4.78, 5) is 22.7. The van der Waals surface area contributed by atoms with Crippen LogP contribution in [0.2, 0.25) is 5.02 Å². The number of rotatable bonds is 7. The van der Waals surface area contributed by atoms with Gasteiger partial charge in [0.1, 0.15) is 5.82 Å². The molecule has 0 saturated heterocycles. The second-order valence-electron chi connectivity index (χ2n) is 5.14. The smallest absolute Gasteiger partial charge is 0.306 e. The first kappa shape index (κ1) is 17.4. The molecule has 0 bridgehead atoms. The van der Waals surface area contributed by atoms with Crippen molar-refractivity contribution in [2.24, 2.45) is 5.92 Å². The van der Waals surface area contributed by atoms with Crippen LogP contribution in [-0.4, -0.2) is 23.0 Å². The summed E-state index contributed by atoms with van der Waals surface area (Å²) in [5.74, 6) is -2.46. The Morgan fingerprint density at radius 2 is 2.00 bits per heavy atom. The fraction of sp³-hybridized carbons (Fsp3) is 0.467. The summed E-state index contributed by atoms with van der Waals surface area (Å²) in [6.07, 6.45) is 1.82. The molecule has 0 radical (unpaired) electrons. The largest absolute Gasteiger partial charge is 0.481 e. The van der Waals surface area contributed by atoms with Crippen LogP contribution in [0.3, 0.4) is 0 Å². The Bertz CT molecular complexity index is 501. The summed E-state index contributed by atoms with van der Waals surface area (Å²) >= 11 is 5.82. The number of carbonyl (C=O) groups excluding carboxylic acids is 1. The van der Waals surface area contributed by atoms with Gasteiger partial charge in [-0.3, -0.25) is 9.59 Å². The number of carboxylic acids is 1. The molecule has 4 nitrogen and oxygen atoms in total. The maximum absolute atomic E-state index is 13.6. The van der Waals surface area contributed by atoms with E-state index in [1.54, 1.807) is 13.8 Å². The molecule has 6 heteroatoms. The molecule has 0 saturated carbocycles. The number of nitrogens with one attached hydrogen (secondary N) is 1. The Balaban J connectivity index is 2.49. The van der Waals surface area contributed by atoms with Crippen LogP contribution in [0.4, 0.5) is 4.39 Å². The monoisotopic (exact) mass is 315 g/mol. The zero-order valence-corrected chi connectivity index (χ0v) is 12.8. The third kappa shape index (κ3) is 5.34. The summed E-state index contributed by atoms with van der Waals surface area (Å²) < 4.78 is 13.6. The molecule has 1 rings (SSSR count). The Kier molecular flexibility index (Phi) is 6.62. The number of hydrogen-bond donors (Lipinski definition) is 2. The first-order valence-corrected chi connectivity index (χ1v) is 7.18. The van der Waals surface area contributed by atoms with E-state index in [9.17, 15) is 14.0 Å². The molecule has 0 heterocycles. The molecule has 21 heavy (non-hydrogen) atoms. The van der Waals surface area contributed by atoms with Crippen molar-refractivity contribution in [1.29, 1.82) is 0 Å². The molecule has 2 unspecified atom stereocenters. The van der Waals surface area contributed by atoms with E-state index in [1.165, 1.54) is 18.2 Å². The van der Waals surface area contributed by atoms with Gasteiger partial charge in [-0.1, -0.05) is 31.0 Å². The van der Waals surface area contributed by atoms with E-state index in [-0.39, 0.29) is 16.6 Å². The van der Waals surface area contributed by atoms with Crippen LogP contribution in [0.5, 0.6) is 0 Å². The minimum absolute atomic E-state index is 0.0687. The molecule has 0 aromatic heterocycles. The van der Waals surface area contributed by atoms with Gasteiger partial charge in [0.25, 0.3) is 5.91 Å². The minimum Gasteiger partial charge on any atom is -0.481 e. The van der Waals surface area contributed by atoms with Gasteiger partial charge in [-0.2, -0.15) is 0 Å². The first-order chi connectivity index (χ1) is 9.82. The van der Waals surface area contributed by atoms with Crippen LogP contribution < -0.4 is 5.32 Å². The van der Waals surface area contributed by atoms with Gasteiger partial charge in [-0.05, 0) is 31.9 Å². The van der Waals surface area contributed by atoms with Crippen molar-refractivity contribution < 1.29 is 19.1 Å². The molecule has 1 aromatic rings. The van der Waals surface area contributed by atoms with Crippen molar-refractivity contribution >= 4 is 23.5 Å². The predicted molar refractivity (Wildman–Crippen MR) is 79.0 cm³/mol. The van der Waals surface area contributed by atoms with E-state index in [2.05, 4.69) is 5.32 Å². The van der Waals surface area contributed by atoms with Crippen LogP contribution in [0, 0.1) is 11.7 Å². The fourth-order valence-corrected chi connectivity index (χ4v) is 2.19. The van der Waals surface area contributed by atoms with E-state index in [1.807, 2.05) is 0 Å². The molecule has 1 aromatic carbocycles. The maximum Gasteiger partial charge on any atom is 0.306 e. The quantitative estimate of drug-likeness (QED) is 0.809. The van der Waals surface area contributed by atoms with Gasteiger partial charge in [0, 0.05) is 6.04 Å². The molecule has 116 valence electrons. The van der Waals surface area contributed by atoms with Crippen molar-refractivity contribution in [1.82, 2.24) is 5.32 Å². The third-order valence-corrected chi connectivity index (χ3v) is 3.58. The number of carbonyl (C=O) groups is 2. The number of hydrogen-bond acceptors (Lipinski definition) is 2. The van der Waals surface area contributed by atoms with Gasteiger partial charge in [0.05, 0.1) is 16.5 Å². The molecular weight excluding hydrogens is 297 g/mol. The van der Waals surface area contributed by atoms with Crippen LogP contribution in [0.15, 0.2) is 18.2 Å². The normalized spacial score (nSPS) is 13.5. The molecule has 0 fully saturated rings. The average molecular weight is 316 g/mol. The molecular formula is C15H19ClFNO3. The van der Waals surface area contributed by atoms with E-state index in [0.717, 1.165) is 0 Å². The predicted octanol–water partition coefficient (Wildman–Crippen LogP) is 3.49. The Morgan fingerprint density at radius 3 is 2.57 bits per heavy atom. The number of halogens is 2. The molecule has 1 amide bonds. The third-order valence-electron chi connectivity index (χ3n) is 3.26. The summed E-state index contributed by atoms with van der Waals surface area (Å²) in [6.45, 7) is 3.43. The fourth-order valence-electron chi connectivity index (χ4n) is 1.94. The molecule has 2 N–H and O–H groups in total. The maximum atomic E-state index is 13.6. The zero-order valence-electron chi connectivity index (χ0n) is 12.0. The van der Waals surface area contributed by atoms with Crippen LogP contribution in [0.1, 0.15) is 43.5 Å². The van der Waals surface area contributed by atoms with E-state index in [4.69, 9.17) is 16.7 Å². The van der Waals surface area contributed by atoms with Crippen molar-refractivity contribution in [2.75, 3.05) is 0 Å². The number of benzene rings is 1. The second kappa shape index (κ2) is 7.98. The van der Waals surface area contributed by atoms with Crippen molar-refractivity contribution in [2.45, 2.75) is 39.2 Å². The van der Waals surface area contributed by atoms with Gasteiger partial charge in [-0.25, -0.2) is 4.39 Å². The minimum atomic E-state index is -0.829. The Hall–Kier alpha value is -1.62. The lowest BCUT2D eigenvalue weighted by molar-refractivity contribution is -0.141. The highest BCUT2D eigenvalue weighted by atomic mass is 35.5. The SMILES string of the molecule is CC(CCCC(C)C(=O)O)NC(=O)c1c(F)cccc1Cl. The van der Waals surface area contributed by atoms with E-state index >= 15 is 0 Å². The van der Waals surface area contributed by atoms with Gasteiger partial charge in [-0.15, -0.1) is 0 Å². The van der Waals surface area contributed by atoms with Gasteiger partial charge < -0.3 is 10.4 Å². The zero-order chi connectivity index (χ0) is 16.0. The second-order valence-corrected chi connectivity index (χ2v) is 5.55. The summed E-state index contributed by atoms with van der Waals surface area (Å²) in [5, 5.41) is 11.5. The van der Waals surface area contributed by atoms with Crippen LogP contribution >= 0.6 is 11.6 Å². The standard InChI is InChI=1S/C15H19ClFNO3/c1-9(15(20)21)5-3-6-10(2)18-14(19)13-11(16)7-4-8-12(13)17/h4,7-10H,3,5-6H2,1-2H3,(H,18,19)(H,20,21). The number of aliphatic carboxylic acids is 1. The first-order valence-electron chi connectivity index (χ1n) is 6.80. The summed E-state index contributed by atoms with van der Waals surface area (Å²) in [6, 6.07) is 3.89. The summed E-state index contributed by atoms with van der Waals surface area (Å²) in [5.41, 5.74) is -0.162. The van der Waals surface area contributed by atoms with Crippen molar-refractivity contribution in [3.63, 3.8) is 0 Å². The van der Waals surface area contributed by atoms with Crippen molar-refractivity contribution in [3.05, 3.63) is 34.6 Å². The molecule has 2 atom stereocenters. The van der Waals surface area contributed by atoms with Crippen molar-refractivity contribution in [3.8, 4) is 0 Å². The van der Waals surface area contributed by atoms with Gasteiger partial charge >= 0.3 is 5.97 Å². The molecule has 0 aliphatic heterocycles. The number of carboxylic acid groups (broad SMARTS) is 1. The van der Waals surface area contributed by atoms with Gasteiger partial charge in [0.2, 0.25) is 0 Å². The number of amides is 1. The highest BCUT2D eigenvalue weighted by Crippen LogP contribution is 2.19. The highest BCUT2D eigenvalue weighted by molar-refractivity contribution is 6.33. The van der Waals surface area contributed by atoms with Crippen LogP contribution in [0.25, 0.3) is 0 Å². The van der Waals surface area contributed by atoms with E-state index < -0.39 is 23.6 Å². The van der Waals surface area contributed by atoms with Crippen LogP contribution in [-0.2, 0) is 4.79 Å². The molecule has 0 spiro atoms. The Labute approximate surface area is 128 Å². The average Bonchev–Trinajstić information content (AvgIpc) is 2.37. The highest BCUT2D eigenvalue weighted by Gasteiger charge is 2.18. The topological polar surface area (TPSA) is 66.4 Å². The van der Waals surface area contributed by atoms with E-state index in [0.29, 0.717) is 19.3 Å². The summed E-state index contributed by atoms with van der Waals surface area (Å²) in [7, 11) is 0. The lowest BCUT2D eigenvalue weighted by Crippen LogP contribution is -2.33. The molecule has 0 aliphatic carbocycles. The van der Waals surface area contributed by atoms with Gasteiger partial charge in [0.15, 0.2) is 0 Å². The Morgan fingerprint density at radius 1 is 1.33 bits per heavy atom. The molecule has 0 aliphatic rings. The lowest BCUT2D eigenvalue weighted by Gasteiger charge is -2.15. The lowest BCUT2D eigenvalue weighted by atomic mass is 10.0.